The van der Waals surface area contributed by atoms with Gasteiger partial charge in [-0.25, -0.2) is 4.39 Å². The number of amides is 2. The van der Waals surface area contributed by atoms with E-state index in [2.05, 4.69) is 20.4 Å². The van der Waals surface area contributed by atoms with Gasteiger partial charge in [0.1, 0.15) is 5.82 Å². The van der Waals surface area contributed by atoms with Crippen LogP contribution in [0.3, 0.4) is 0 Å². The molecule has 15 heteroatoms. The number of nitrogens with one attached hydrogen (secondary N) is 2. The lowest BCUT2D eigenvalue weighted by Crippen LogP contribution is -2.36. The first-order chi connectivity index (χ1) is 17.6. The Hall–Kier alpha value is -2.92. The van der Waals surface area contributed by atoms with Crippen molar-refractivity contribution in [2.75, 3.05) is 6.54 Å². The van der Waals surface area contributed by atoms with E-state index in [0.29, 0.717) is 5.56 Å². The quantitative estimate of drug-likeness (QED) is 0.190. The van der Waals surface area contributed by atoms with Crippen LogP contribution in [0, 0.1) is 12.7 Å². The van der Waals surface area contributed by atoms with Gasteiger partial charge in [0.15, 0.2) is 0 Å². The second-order valence-corrected chi connectivity index (χ2v) is 9.13. The van der Waals surface area contributed by atoms with E-state index in [-0.39, 0.29) is 47.8 Å². The summed E-state index contributed by atoms with van der Waals surface area (Å²) in [5.41, 5.74) is -2.68. The van der Waals surface area contributed by atoms with Gasteiger partial charge in [-0.3, -0.25) is 9.59 Å². The Morgan fingerprint density at radius 1 is 1.24 bits per heavy atom. The summed E-state index contributed by atoms with van der Waals surface area (Å²) in [7, 11) is 1.70. The van der Waals surface area contributed by atoms with Crippen molar-refractivity contribution in [2.24, 2.45) is 5.16 Å². The van der Waals surface area contributed by atoms with Gasteiger partial charge in [-0.15, -0.1) is 0 Å². The molecular weight excluding hydrogens is 566 g/mol. The van der Waals surface area contributed by atoms with Crippen LogP contribution in [-0.2, 0) is 15.6 Å². The average Bonchev–Trinajstić information content (AvgIpc) is 3.21. The van der Waals surface area contributed by atoms with Gasteiger partial charge < -0.3 is 15.3 Å². The summed E-state index contributed by atoms with van der Waals surface area (Å²) in [6.07, 6.45) is -11.3. The van der Waals surface area contributed by atoms with Gasteiger partial charge >= 0.3 is 12.4 Å². The molecule has 3 atom stereocenters. The third-order valence-electron chi connectivity index (χ3n) is 5.83. The molecule has 0 aromatic heterocycles. The molecular formula is C23H20ClF7N3O3P. The first-order valence-electron chi connectivity index (χ1n) is 10.9. The van der Waals surface area contributed by atoms with Crippen LogP contribution >= 0.6 is 21.1 Å². The third kappa shape index (κ3) is 6.93. The van der Waals surface area contributed by atoms with Crippen LogP contribution in [0.2, 0.25) is 5.02 Å². The summed E-state index contributed by atoms with van der Waals surface area (Å²) in [6, 6.07) is 3.76. The van der Waals surface area contributed by atoms with Gasteiger partial charge in [0.25, 0.3) is 5.91 Å². The van der Waals surface area contributed by atoms with Crippen LogP contribution in [0.1, 0.15) is 51.4 Å². The number of aryl methyl sites for hydroxylation is 1. The molecule has 2 aromatic carbocycles. The fourth-order valence-electron chi connectivity index (χ4n) is 3.96. The maximum absolute atomic E-state index is 14.6. The molecule has 1 unspecified atom stereocenters. The summed E-state index contributed by atoms with van der Waals surface area (Å²) in [4.78, 5) is 23.9. The molecule has 0 spiro atoms. The predicted octanol–water partition coefficient (Wildman–Crippen LogP) is 5.67. The van der Waals surface area contributed by atoms with Crippen molar-refractivity contribution < 1.29 is 44.9 Å². The van der Waals surface area contributed by atoms with E-state index in [0.717, 1.165) is 0 Å². The van der Waals surface area contributed by atoms with Crippen LogP contribution in [-0.4, -0.2) is 36.3 Å². The minimum Gasteiger partial charge on any atom is -0.383 e. The highest BCUT2D eigenvalue weighted by molar-refractivity contribution is 7.09. The molecule has 1 aliphatic rings. The minimum atomic E-state index is -5.20. The molecule has 1 fully saturated rings. The number of hydrogen-bond donors (Lipinski definition) is 2. The summed E-state index contributed by atoms with van der Waals surface area (Å²) in [5.74, 6) is -5.16. The standard InChI is InChI=1S/C23H20ClF7N3O3P/c1-10-4-11(2-3-14(10)21(36)33-13-7-19(35)32-9-13)18(34-37-38)8-16(23(29,30)31)15-5-12(22(26,27)28)6-17(24)20(15)25/h2-6,13,16H,7-9,38H2,1H3,(H,32,35)(H,33,36)/b34-18+/t13-,16+/m1/s1. The maximum Gasteiger partial charge on any atom is 0.416 e. The Morgan fingerprint density at radius 3 is 2.45 bits per heavy atom. The van der Waals surface area contributed by atoms with E-state index in [1.807, 2.05) is 0 Å². The molecule has 2 aromatic rings. The molecule has 38 heavy (non-hydrogen) atoms. The van der Waals surface area contributed by atoms with Crippen LogP contribution in [0.15, 0.2) is 35.5 Å². The zero-order chi connectivity index (χ0) is 28.4. The van der Waals surface area contributed by atoms with Crippen LogP contribution in [0.4, 0.5) is 30.7 Å². The lowest BCUT2D eigenvalue weighted by atomic mass is 9.88. The summed E-state index contributed by atoms with van der Waals surface area (Å²) in [6.45, 7) is 1.75. The number of oxime groups is 1. The van der Waals surface area contributed by atoms with Gasteiger partial charge in [0, 0.05) is 30.5 Å². The molecule has 206 valence electrons. The predicted molar refractivity (Wildman–Crippen MR) is 127 cm³/mol. The van der Waals surface area contributed by atoms with Crippen LogP contribution in [0.5, 0.6) is 0 Å². The first kappa shape index (κ1) is 29.6. The van der Waals surface area contributed by atoms with E-state index in [9.17, 15) is 40.3 Å². The number of carbonyl (C=O) groups excluding carboxylic acids is 2. The number of benzene rings is 2. The number of rotatable bonds is 7. The Morgan fingerprint density at radius 2 is 1.92 bits per heavy atom. The highest BCUT2D eigenvalue weighted by Gasteiger charge is 2.45. The highest BCUT2D eigenvalue weighted by atomic mass is 35.5. The van der Waals surface area contributed by atoms with Gasteiger partial charge in [-0.1, -0.05) is 22.8 Å². The van der Waals surface area contributed by atoms with Crippen molar-refractivity contribution in [3.8, 4) is 0 Å². The number of carbonyl (C=O) groups is 2. The van der Waals surface area contributed by atoms with Crippen molar-refractivity contribution in [3.05, 3.63) is 69.0 Å². The Kier molecular flexibility index (Phi) is 8.93. The van der Waals surface area contributed by atoms with Crippen molar-refractivity contribution in [1.82, 2.24) is 10.6 Å². The van der Waals surface area contributed by atoms with E-state index >= 15 is 0 Å². The topological polar surface area (TPSA) is 79.8 Å². The fraction of sp³-hybridized carbons (Fsp3) is 0.348. The van der Waals surface area contributed by atoms with E-state index < -0.39 is 58.6 Å². The zero-order valence-electron chi connectivity index (χ0n) is 19.4. The van der Waals surface area contributed by atoms with Crippen LogP contribution < -0.4 is 10.6 Å². The smallest absolute Gasteiger partial charge is 0.383 e. The molecule has 0 saturated carbocycles. The Bertz CT molecular complexity index is 1270. The molecule has 0 radical (unpaired) electrons. The lowest BCUT2D eigenvalue weighted by molar-refractivity contribution is -0.150. The summed E-state index contributed by atoms with van der Waals surface area (Å²) < 4.78 is 101. The maximum atomic E-state index is 14.6. The van der Waals surface area contributed by atoms with Gasteiger partial charge in [0.05, 0.1) is 37.7 Å². The normalized spacial score (nSPS) is 17.3. The molecule has 2 amide bonds. The molecule has 3 rings (SSSR count). The zero-order valence-corrected chi connectivity index (χ0v) is 21.3. The summed E-state index contributed by atoms with van der Waals surface area (Å²) in [5, 5.41) is 7.68. The minimum absolute atomic E-state index is 0.0481. The molecule has 6 nitrogen and oxygen atoms in total. The van der Waals surface area contributed by atoms with E-state index in [1.54, 1.807) is 9.47 Å². The Balaban J connectivity index is 1.96. The first-order valence-corrected chi connectivity index (χ1v) is 11.7. The molecule has 0 aliphatic carbocycles. The van der Waals surface area contributed by atoms with Crippen molar-refractivity contribution in [3.63, 3.8) is 0 Å². The lowest BCUT2D eigenvalue weighted by Gasteiger charge is -2.23. The van der Waals surface area contributed by atoms with Crippen molar-refractivity contribution in [1.29, 1.82) is 0 Å². The van der Waals surface area contributed by atoms with E-state index in [4.69, 9.17) is 11.6 Å². The molecule has 0 bridgehead atoms. The van der Waals surface area contributed by atoms with E-state index in [1.165, 1.54) is 25.1 Å². The number of alkyl halides is 6. The fourth-order valence-corrected chi connectivity index (χ4v) is 4.32. The average molecular weight is 586 g/mol. The molecule has 2 N–H and O–H groups in total. The SMILES string of the molecule is Cc1cc(/C(C[C@@H](c2cc(C(F)(F)F)cc(Cl)c2F)C(F)(F)F)=N/OP)ccc1C(=O)N[C@H]1CNC(=O)C1. The second-order valence-electron chi connectivity index (χ2n) is 8.51. The number of hydrogen-bond acceptors (Lipinski definition) is 4. The van der Waals surface area contributed by atoms with Crippen molar-refractivity contribution in [2.45, 2.75) is 44.1 Å². The monoisotopic (exact) mass is 585 g/mol. The third-order valence-corrected chi connectivity index (χ3v) is 6.21. The molecule has 1 aliphatic heterocycles. The van der Waals surface area contributed by atoms with Crippen molar-refractivity contribution >= 4 is 38.6 Å². The highest BCUT2D eigenvalue weighted by Crippen LogP contribution is 2.43. The van der Waals surface area contributed by atoms with Crippen LogP contribution in [0.25, 0.3) is 0 Å². The molecule has 1 saturated heterocycles. The largest absolute Gasteiger partial charge is 0.416 e. The second kappa shape index (κ2) is 11.4. The number of nitrogens with zero attached hydrogens (tertiary/aromatic N) is 1. The molecule has 1 heterocycles. The number of halogens is 8. The van der Waals surface area contributed by atoms with Gasteiger partial charge in [0.2, 0.25) is 5.91 Å². The van der Waals surface area contributed by atoms with Gasteiger partial charge in [-0.05, 0) is 42.3 Å². The summed E-state index contributed by atoms with van der Waals surface area (Å²) >= 11 is 5.51. The Labute approximate surface area is 219 Å². The van der Waals surface area contributed by atoms with Gasteiger partial charge in [-0.2, -0.15) is 26.3 Å².